The molecule has 5 rings (SSSR count). The van der Waals surface area contributed by atoms with E-state index < -0.39 is 0 Å². The molecule has 0 aromatic heterocycles. The Labute approximate surface area is 180 Å². The van der Waals surface area contributed by atoms with Crippen LogP contribution in [0.1, 0.15) is 73.1 Å². The van der Waals surface area contributed by atoms with Crippen molar-refractivity contribution >= 4 is 11.6 Å². The van der Waals surface area contributed by atoms with Crippen molar-refractivity contribution in [3.05, 3.63) is 46.3 Å². The third-order valence-electron chi connectivity index (χ3n) is 10.1. The molecule has 0 unspecified atom stereocenters. The molecule has 3 heteroatoms. The van der Waals surface area contributed by atoms with Gasteiger partial charge in [-0.2, -0.15) is 0 Å². The van der Waals surface area contributed by atoms with Crippen LogP contribution in [0.3, 0.4) is 0 Å². The van der Waals surface area contributed by atoms with Crippen molar-refractivity contribution in [1.82, 2.24) is 0 Å². The molecule has 30 heavy (non-hydrogen) atoms. The molecule has 0 spiro atoms. The summed E-state index contributed by atoms with van der Waals surface area (Å²) < 4.78 is 0. The zero-order valence-corrected chi connectivity index (χ0v) is 19.0. The van der Waals surface area contributed by atoms with Crippen molar-refractivity contribution in [3.8, 4) is 0 Å². The Hall–Kier alpha value is -1.90. The molecule has 0 heterocycles. The van der Waals surface area contributed by atoms with Crippen LogP contribution in [-0.4, -0.2) is 16.7 Å². The number of allylic oxidation sites excluding steroid dienone is 7. The summed E-state index contributed by atoms with van der Waals surface area (Å²) >= 11 is 0. The van der Waals surface area contributed by atoms with Crippen LogP contribution in [0.5, 0.6) is 0 Å². The number of aliphatic hydroxyl groups is 1. The van der Waals surface area contributed by atoms with E-state index in [-0.39, 0.29) is 39.6 Å². The monoisotopic (exact) mass is 406 g/mol. The average molecular weight is 407 g/mol. The van der Waals surface area contributed by atoms with Gasteiger partial charge in [0.25, 0.3) is 0 Å². The molecule has 0 aromatic carbocycles. The van der Waals surface area contributed by atoms with Gasteiger partial charge >= 0.3 is 0 Å². The van der Waals surface area contributed by atoms with E-state index in [1.54, 1.807) is 6.08 Å². The highest BCUT2D eigenvalue weighted by molar-refractivity contribution is 6.06. The van der Waals surface area contributed by atoms with E-state index >= 15 is 0 Å². The lowest BCUT2D eigenvalue weighted by atomic mass is 9.37. The number of ketones is 2. The first-order valence-electron chi connectivity index (χ1n) is 11.6. The number of hydrogen-bond acceptors (Lipinski definition) is 3. The van der Waals surface area contributed by atoms with E-state index in [2.05, 4.69) is 39.8 Å². The number of fused-ring (bicyclic) bond motifs is 7. The lowest BCUT2D eigenvalue weighted by molar-refractivity contribution is -0.158. The predicted octanol–water partition coefficient (Wildman–Crippen LogP) is 6.03. The second kappa shape index (κ2) is 6.08. The Balaban J connectivity index is 1.61. The molecule has 0 aliphatic heterocycles. The van der Waals surface area contributed by atoms with Gasteiger partial charge in [-0.1, -0.05) is 45.4 Å². The standard InChI is InChI=1S/C27H34O3/c1-15-12-23-25(3,14-22(15)29)10-11-26(4)20-7-6-17-16(2)24(30)21(28)13-19(17)18(20)8-9-27(23,26)5/h6-7,13,15,18,23,30H,8-12,14H2,1-5H3/t15-,18+,23-,25+,26+,27+/m0/s1. The molecule has 6 atom stereocenters. The van der Waals surface area contributed by atoms with E-state index in [9.17, 15) is 14.7 Å². The van der Waals surface area contributed by atoms with Crippen LogP contribution in [0.25, 0.3) is 0 Å². The number of Topliss-reactive ketones (excluding diaryl/α,β-unsaturated/α-hetero) is 1. The fourth-order valence-corrected chi connectivity index (χ4v) is 7.99. The van der Waals surface area contributed by atoms with Gasteiger partial charge in [-0.15, -0.1) is 0 Å². The smallest absolute Gasteiger partial charge is 0.220 e. The first kappa shape index (κ1) is 20.0. The molecule has 0 radical (unpaired) electrons. The van der Waals surface area contributed by atoms with Crippen molar-refractivity contribution in [2.75, 3.05) is 0 Å². The highest BCUT2D eigenvalue weighted by Crippen LogP contribution is 2.72. The Bertz CT molecular complexity index is 992. The third kappa shape index (κ3) is 2.32. The fourth-order valence-electron chi connectivity index (χ4n) is 7.99. The van der Waals surface area contributed by atoms with Gasteiger partial charge in [0, 0.05) is 23.8 Å². The number of aliphatic hydroxyl groups excluding tert-OH is 1. The first-order valence-corrected chi connectivity index (χ1v) is 11.6. The number of carbonyl (C=O) groups is 2. The van der Waals surface area contributed by atoms with Gasteiger partial charge in [0.2, 0.25) is 5.78 Å². The zero-order chi connectivity index (χ0) is 21.6. The minimum atomic E-state index is -0.254. The second-order valence-corrected chi connectivity index (χ2v) is 11.5. The number of carbonyl (C=O) groups excluding carboxylic acids is 2. The van der Waals surface area contributed by atoms with Crippen LogP contribution in [0, 0.1) is 34.0 Å². The maximum absolute atomic E-state index is 12.6. The third-order valence-corrected chi connectivity index (χ3v) is 10.1. The van der Waals surface area contributed by atoms with Gasteiger partial charge in [0.05, 0.1) is 0 Å². The molecular formula is C27H34O3. The average Bonchev–Trinajstić information content (AvgIpc) is 2.69. The lowest BCUT2D eigenvalue weighted by Crippen LogP contribution is -2.60. The first-order chi connectivity index (χ1) is 14.0. The fraction of sp³-hybridized carbons (Fsp3) is 0.630. The van der Waals surface area contributed by atoms with E-state index in [0.717, 1.165) is 49.7 Å². The van der Waals surface area contributed by atoms with Gasteiger partial charge in [-0.3, -0.25) is 9.59 Å². The predicted molar refractivity (Wildman–Crippen MR) is 118 cm³/mol. The van der Waals surface area contributed by atoms with E-state index in [4.69, 9.17) is 0 Å². The minimum Gasteiger partial charge on any atom is -0.504 e. The number of rotatable bonds is 0. The maximum Gasteiger partial charge on any atom is 0.220 e. The topological polar surface area (TPSA) is 54.4 Å². The molecule has 0 amide bonds. The quantitative estimate of drug-likeness (QED) is 0.534. The molecular weight excluding hydrogens is 372 g/mol. The number of hydrogen-bond donors (Lipinski definition) is 1. The van der Waals surface area contributed by atoms with Crippen LogP contribution in [0.4, 0.5) is 0 Å². The van der Waals surface area contributed by atoms with Gasteiger partial charge < -0.3 is 5.11 Å². The van der Waals surface area contributed by atoms with Crippen LogP contribution < -0.4 is 0 Å². The Morgan fingerprint density at radius 2 is 1.80 bits per heavy atom. The Kier molecular flexibility index (Phi) is 4.06. The van der Waals surface area contributed by atoms with Crippen molar-refractivity contribution in [1.29, 1.82) is 0 Å². The van der Waals surface area contributed by atoms with E-state index in [0.29, 0.717) is 17.3 Å². The summed E-state index contributed by atoms with van der Waals surface area (Å²) in [4.78, 5) is 25.0. The van der Waals surface area contributed by atoms with Crippen molar-refractivity contribution < 1.29 is 14.7 Å². The SMILES string of the molecule is CC1=C(O)C(=O)C=C2C1=CC=C1[C@@H]2CC[C@]2(C)[C@H]3C[C@H](C)C(=O)C[C@@]3(C)CC[C@]12C. The summed E-state index contributed by atoms with van der Waals surface area (Å²) in [5.74, 6) is 1.07. The normalized spacial score (nSPS) is 45.5. The van der Waals surface area contributed by atoms with Crippen LogP contribution in [-0.2, 0) is 9.59 Å². The molecule has 0 bridgehead atoms. The summed E-state index contributed by atoms with van der Waals surface area (Å²) in [7, 11) is 0. The van der Waals surface area contributed by atoms with Gasteiger partial charge in [-0.05, 0) is 78.4 Å². The minimum absolute atomic E-state index is 0.0726. The highest BCUT2D eigenvalue weighted by Gasteiger charge is 2.64. The van der Waals surface area contributed by atoms with E-state index in [1.165, 1.54) is 5.57 Å². The molecule has 3 nitrogen and oxygen atoms in total. The summed E-state index contributed by atoms with van der Waals surface area (Å²) in [6.07, 6.45) is 12.2. The molecule has 5 aliphatic rings. The van der Waals surface area contributed by atoms with Crippen molar-refractivity contribution in [3.63, 3.8) is 0 Å². The summed E-state index contributed by atoms with van der Waals surface area (Å²) in [6, 6.07) is 0. The van der Waals surface area contributed by atoms with Gasteiger partial charge in [-0.25, -0.2) is 0 Å². The van der Waals surface area contributed by atoms with E-state index in [1.807, 2.05) is 6.92 Å². The molecule has 5 aliphatic carbocycles. The molecule has 160 valence electrons. The van der Waals surface area contributed by atoms with Crippen molar-refractivity contribution in [2.24, 2.45) is 34.0 Å². The second-order valence-electron chi connectivity index (χ2n) is 11.5. The molecule has 0 saturated heterocycles. The van der Waals surface area contributed by atoms with Gasteiger partial charge in [0.15, 0.2) is 5.76 Å². The summed E-state index contributed by atoms with van der Waals surface area (Å²) in [6.45, 7) is 11.3. The maximum atomic E-state index is 12.6. The lowest BCUT2D eigenvalue weighted by Gasteiger charge is -2.67. The van der Waals surface area contributed by atoms with Crippen LogP contribution >= 0.6 is 0 Å². The Morgan fingerprint density at radius 3 is 2.53 bits per heavy atom. The van der Waals surface area contributed by atoms with Crippen molar-refractivity contribution in [2.45, 2.75) is 73.1 Å². The molecule has 1 N–H and O–H groups in total. The highest BCUT2D eigenvalue weighted by atomic mass is 16.3. The summed E-state index contributed by atoms with van der Waals surface area (Å²) in [5.41, 5.74) is 4.67. The molecule has 3 saturated carbocycles. The summed E-state index contributed by atoms with van der Waals surface area (Å²) in [5, 5.41) is 10.2. The van der Waals surface area contributed by atoms with Crippen LogP contribution in [0.15, 0.2) is 46.3 Å². The van der Waals surface area contributed by atoms with Crippen LogP contribution in [0.2, 0.25) is 0 Å². The van der Waals surface area contributed by atoms with Gasteiger partial charge in [0.1, 0.15) is 5.78 Å². The Morgan fingerprint density at radius 1 is 1.07 bits per heavy atom. The molecule has 3 fully saturated rings. The largest absolute Gasteiger partial charge is 0.504 e. The zero-order valence-electron chi connectivity index (χ0n) is 19.0. The molecule has 0 aromatic rings.